The van der Waals surface area contributed by atoms with E-state index in [1.54, 1.807) is 6.26 Å². The van der Waals surface area contributed by atoms with Crippen molar-refractivity contribution in [2.24, 2.45) is 0 Å². The summed E-state index contributed by atoms with van der Waals surface area (Å²) >= 11 is 0. The Morgan fingerprint density at radius 3 is 2.90 bits per heavy atom. The Kier molecular flexibility index (Phi) is 2.34. The highest BCUT2D eigenvalue weighted by atomic mass is 16.7. The van der Waals surface area contributed by atoms with Gasteiger partial charge in [0.1, 0.15) is 6.20 Å². The number of hydroxylamine groups is 1. The van der Waals surface area contributed by atoms with Gasteiger partial charge in [-0.1, -0.05) is 37.1 Å². The second-order valence-electron chi connectivity index (χ2n) is 5.72. The molecule has 0 N–H and O–H groups in total. The van der Waals surface area contributed by atoms with Gasteiger partial charge in [0.2, 0.25) is 0 Å². The minimum absolute atomic E-state index is 0.0507. The van der Waals surface area contributed by atoms with Crippen molar-refractivity contribution >= 4 is 22.8 Å². The Bertz CT molecular complexity index is 716. The van der Waals surface area contributed by atoms with E-state index in [-0.39, 0.29) is 5.54 Å². The van der Waals surface area contributed by atoms with E-state index in [9.17, 15) is 0 Å². The second-order valence-corrected chi connectivity index (χ2v) is 5.72. The summed E-state index contributed by atoms with van der Waals surface area (Å²) < 4.78 is 2.18. The smallest absolute Gasteiger partial charge is 0.305 e. The van der Waals surface area contributed by atoms with Crippen molar-refractivity contribution in [1.82, 2.24) is 0 Å². The van der Waals surface area contributed by atoms with Crippen molar-refractivity contribution in [2.45, 2.75) is 38.6 Å². The standard InChI is InChI=1S/C17H19N2O/c1-3-17(4-2)12-14-7-5-6-13-8-9-18-10-11-20-19(17)16(18)15(13)14/h5-11H,3-4,12H2,1-2H3/q+1. The van der Waals surface area contributed by atoms with Gasteiger partial charge in [0.25, 0.3) is 0 Å². The predicted octanol–water partition coefficient (Wildman–Crippen LogP) is 3.42. The zero-order chi connectivity index (χ0) is 13.7. The molecule has 102 valence electrons. The highest BCUT2D eigenvalue weighted by Gasteiger charge is 2.49. The number of rotatable bonds is 2. The van der Waals surface area contributed by atoms with Crippen LogP contribution in [0, 0.1) is 0 Å². The highest BCUT2D eigenvalue weighted by molar-refractivity contribution is 5.95. The maximum atomic E-state index is 5.94. The minimum Gasteiger partial charge on any atom is -0.305 e. The van der Waals surface area contributed by atoms with Crippen molar-refractivity contribution in [3.05, 3.63) is 42.3 Å². The molecule has 0 bridgehead atoms. The Hall–Kier alpha value is -2.03. The first-order valence-electron chi connectivity index (χ1n) is 7.38. The van der Waals surface area contributed by atoms with Crippen LogP contribution in [0.2, 0.25) is 0 Å². The Morgan fingerprint density at radius 1 is 1.25 bits per heavy atom. The highest BCUT2D eigenvalue weighted by Crippen LogP contribution is 2.43. The van der Waals surface area contributed by atoms with E-state index in [0.29, 0.717) is 0 Å². The van der Waals surface area contributed by atoms with Gasteiger partial charge in [-0.3, -0.25) is 0 Å². The van der Waals surface area contributed by atoms with Crippen LogP contribution in [-0.4, -0.2) is 5.54 Å². The van der Waals surface area contributed by atoms with Crippen LogP contribution in [0.5, 0.6) is 0 Å². The van der Waals surface area contributed by atoms with E-state index >= 15 is 0 Å². The topological polar surface area (TPSA) is 16.4 Å². The quantitative estimate of drug-likeness (QED) is 0.775. The summed E-state index contributed by atoms with van der Waals surface area (Å²) in [5.74, 6) is 1.18. The average Bonchev–Trinajstić information content (AvgIpc) is 2.52. The Balaban J connectivity index is 2.10. The van der Waals surface area contributed by atoms with Gasteiger partial charge in [-0.25, -0.2) is 0 Å². The molecule has 2 aromatic rings. The molecule has 2 aliphatic rings. The number of pyridine rings is 1. The van der Waals surface area contributed by atoms with Crippen LogP contribution >= 0.6 is 0 Å². The summed E-state index contributed by atoms with van der Waals surface area (Å²) in [6.45, 7) is 4.51. The first-order chi connectivity index (χ1) is 9.79. The van der Waals surface area contributed by atoms with E-state index < -0.39 is 0 Å². The number of nitrogens with zero attached hydrogens (tertiary/aromatic N) is 2. The van der Waals surface area contributed by atoms with Gasteiger partial charge in [0, 0.05) is 6.42 Å². The molecule has 2 aliphatic heterocycles. The largest absolute Gasteiger partial charge is 0.329 e. The zero-order valence-electron chi connectivity index (χ0n) is 12.0. The molecule has 0 fully saturated rings. The van der Waals surface area contributed by atoms with E-state index in [1.807, 2.05) is 6.20 Å². The molecule has 1 aromatic heterocycles. The predicted molar refractivity (Wildman–Crippen MR) is 80.1 cm³/mol. The van der Waals surface area contributed by atoms with Crippen molar-refractivity contribution in [1.29, 1.82) is 0 Å². The third-order valence-electron chi connectivity index (χ3n) is 4.91. The summed E-state index contributed by atoms with van der Waals surface area (Å²) in [6.07, 6.45) is 9.08. The van der Waals surface area contributed by atoms with Gasteiger partial charge in [-0.15, -0.1) is 0 Å². The molecule has 0 atom stereocenters. The monoisotopic (exact) mass is 267 g/mol. The fraction of sp³-hybridized carbons (Fsp3) is 0.353. The molecule has 1 aromatic carbocycles. The van der Waals surface area contributed by atoms with Gasteiger partial charge >= 0.3 is 5.82 Å². The molecular weight excluding hydrogens is 248 g/mol. The Labute approximate surface area is 119 Å². The Morgan fingerprint density at radius 2 is 2.10 bits per heavy atom. The molecule has 0 saturated carbocycles. The summed E-state index contributed by atoms with van der Waals surface area (Å²) in [5, 5.41) is 4.76. The third-order valence-corrected chi connectivity index (χ3v) is 4.91. The second kappa shape index (κ2) is 3.98. The average molecular weight is 267 g/mol. The molecule has 3 heteroatoms. The third kappa shape index (κ3) is 1.33. The number of hydrogen-bond donors (Lipinski definition) is 0. The van der Waals surface area contributed by atoms with E-state index in [0.717, 1.165) is 19.3 Å². The molecule has 3 heterocycles. The molecule has 0 aliphatic carbocycles. The van der Waals surface area contributed by atoms with Gasteiger partial charge < -0.3 is 4.84 Å². The maximum absolute atomic E-state index is 5.94. The van der Waals surface area contributed by atoms with Crippen LogP contribution in [0.1, 0.15) is 32.3 Å². The first-order valence-corrected chi connectivity index (χ1v) is 7.38. The normalized spacial score (nSPS) is 18.2. The lowest BCUT2D eigenvalue weighted by molar-refractivity contribution is -0.561. The van der Waals surface area contributed by atoms with E-state index in [1.165, 1.54) is 22.2 Å². The first kappa shape index (κ1) is 11.8. The molecular formula is C17H19N2O+. The van der Waals surface area contributed by atoms with Crippen molar-refractivity contribution < 1.29 is 9.40 Å². The summed E-state index contributed by atoms with van der Waals surface area (Å²) in [6, 6.07) is 8.79. The summed E-state index contributed by atoms with van der Waals surface area (Å²) in [4.78, 5) is 5.94. The zero-order valence-corrected chi connectivity index (χ0v) is 12.0. The number of anilines is 1. The van der Waals surface area contributed by atoms with Crippen LogP contribution < -0.4 is 9.63 Å². The van der Waals surface area contributed by atoms with Crippen molar-refractivity contribution in [3.8, 4) is 0 Å². The minimum atomic E-state index is 0.0507. The molecule has 0 amide bonds. The van der Waals surface area contributed by atoms with Crippen LogP contribution in [0.15, 0.2) is 36.7 Å². The van der Waals surface area contributed by atoms with Gasteiger partial charge in [0.15, 0.2) is 11.8 Å². The fourth-order valence-electron chi connectivity index (χ4n) is 3.62. The lowest BCUT2D eigenvalue weighted by Crippen LogP contribution is -2.56. The maximum Gasteiger partial charge on any atom is 0.329 e. The van der Waals surface area contributed by atoms with Crippen LogP contribution in [-0.2, 0) is 11.3 Å². The number of aromatic nitrogens is 1. The number of hydrogen-bond acceptors (Lipinski definition) is 2. The van der Waals surface area contributed by atoms with Gasteiger partial charge in [-0.2, -0.15) is 4.57 Å². The van der Waals surface area contributed by atoms with Crippen molar-refractivity contribution in [3.63, 3.8) is 0 Å². The van der Waals surface area contributed by atoms with Gasteiger partial charge in [0.05, 0.1) is 11.6 Å². The fourth-order valence-corrected chi connectivity index (χ4v) is 3.62. The molecule has 3 nitrogen and oxygen atoms in total. The molecule has 4 rings (SSSR count). The molecule has 20 heavy (non-hydrogen) atoms. The van der Waals surface area contributed by atoms with E-state index in [4.69, 9.17) is 4.84 Å². The lowest BCUT2D eigenvalue weighted by atomic mass is 9.80. The molecule has 0 radical (unpaired) electrons. The molecule has 0 saturated heterocycles. The van der Waals surface area contributed by atoms with Crippen LogP contribution in [0.3, 0.4) is 0 Å². The molecule has 0 unspecified atom stereocenters. The van der Waals surface area contributed by atoms with Gasteiger partial charge in [-0.05, 0) is 29.9 Å². The van der Waals surface area contributed by atoms with Crippen molar-refractivity contribution in [2.75, 3.05) is 5.06 Å². The molecule has 0 spiro atoms. The SMILES string of the molecule is CCC1(CC)Cc2cccc3cc[n+]4c(c23)N1OC=C4. The van der Waals surface area contributed by atoms with E-state index in [2.05, 4.69) is 53.9 Å². The number of benzene rings is 1. The summed E-state index contributed by atoms with van der Waals surface area (Å²) in [5.41, 5.74) is 1.49. The van der Waals surface area contributed by atoms with Crippen LogP contribution in [0.25, 0.3) is 17.0 Å². The lowest BCUT2D eigenvalue weighted by Gasteiger charge is -2.40. The summed E-state index contributed by atoms with van der Waals surface area (Å²) in [7, 11) is 0. The van der Waals surface area contributed by atoms with Crippen LogP contribution in [0.4, 0.5) is 5.82 Å².